The summed E-state index contributed by atoms with van der Waals surface area (Å²) in [6.07, 6.45) is 0.641. The molecule has 0 fully saturated rings. The van der Waals surface area contributed by atoms with E-state index < -0.39 is 0 Å². The van der Waals surface area contributed by atoms with E-state index in [0.29, 0.717) is 6.29 Å². The number of urea groups is 1. The quantitative estimate of drug-likeness (QED) is 0.567. The molecule has 0 bridgehead atoms. The van der Waals surface area contributed by atoms with Gasteiger partial charge in [0.15, 0.2) is 0 Å². The van der Waals surface area contributed by atoms with Crippen LogP contribution in [0.3, 0.4) is 0 Å². The zero-order chi connectivity index (χ0) is 8.91. The second-order valence-electron chi connectivity index (χ2n) is 3.25. The van der Waals surface area contributed by atoms with Gasteiger partial charge in [-0.05, 0) is 20.8 Å². The first-order chi connectivity index (χ1) is 4.95. The maximum atomic E-state index is 10.8. The number of hydrogen-bond acceptors (Lipinski definition) is 2. The Hall–Kier alpha value is -1.06. The minimum Gasteiger partial charge on any atom is -0.334 e. The van der Waals surface area contributed by atoms with E-state index in [2.05, 4.69) is 10.6 Å². The number of hydrogen-bond donors (Lipinski definition) is 2. The van der Waals surface area contributed by atoms with Gasteiger partial charge in [0.2, 0.25) is 0 Å². The van der Waals surface area contributed by atoms with Crippen molar-refractivity contribution in [1.82, 2.24) is 10.6 Å². The van der Waals surface area contributed by atoms with Crippen LogP contribution in [0.25, 0.3) is 0 Å². The number of nitrogens with one attached hydrogen (secondary N) is 2. The van der Waals surface area contributed by atoms with E-state index in [0.717, 1.165) is 0 Å². The van der Waals surface area contributed by atoms with Crippen LogP contribution in [0, 0.1) is 0 Å². The molecule has 64 valence electrons. The molecule has 0 heterocycles. The lowest BCUT2D eigenvalue weighted by Crippen LogP contribution is -2.46. The Morgan fingerprint density at radius 2 is 2.00 bits per heavy atom. The zero-order valence-corrected chi connectivity index (χ0v) is 7.10. The molecule has 0 spiro atoms. The molecule has 0 aliphatic carbocycles. The number of amides is 2. The van der Waals surface area contributed by atoms with E-state index in [1.54, 1.807) is 0 Å². The standard InChI is InChI=1S/C7H14N2O2/c1-7(2,3)9-6(11)8-4-5-10/h5H,4H2,1-3H3,(H2,8,9,11). The first-order valence-corrected chi connectivity index (χ1v) is 3.45. The van der Waals surface area contributed by atoms with Crippen molar-refractivity contribution in [3.8, 4) is 0 Å². The number of aldehydes is 1. The van der Waals surface area contributed by atoms with Crippen LogP contribution in [-0.2, 0) is 4.79 Å². The van der Waals surface area contributed by atoms with E-state index in [1.807, 2.05) is 20.8 Å². The first kappa shape index (κ1) is 9.94. The van der Waals surface area contributed by atoms with Gasteiger partial charge in [0.25, 0.3) is 0 Å². The van der Waals surface area contributed by atoms with Gasteiger partial charge in [-0.2, -0.15) is 0 Å². The van der Waals surface area contributed by atoms with Crippen molar-refractivity contribution in [3.05, 3.63) is 0 Å². The van der Waals surface area contributed by atoms with Gasteiger partial charge in [0.05, 0.1) is 6.54 Å². The lowest BCUT2D eigenvalue weighted by atomic mass is 10.1. The number of carbonyl (C=O) groups excluding carboxylic acids is 2. The summed E-state index contributed by atoms with van der Waals surface area (Å²) in [5.41, 5.74) is -0.257. The lowest BCUT2D eigenvalue weighted by molar-refractivity contribution is -0.107. The third-order valence-corrected chi connectivity index (χ3v) is 0.834. The molecule has 0 aromatic carbocycles. The van der Waals surface area contributed by atoms with Gasteiger partial charge < -0.3 is 15.4 Å². The first-order valence-electron chi connectivity index (χ1n) is 3.45. The predicted octanol–water partition coefficient (Wildman–Crippen LogP) is 0.283. The van der Waals surface area contributed by atoms with Crippen molar-refractivity contribution in [1.29, 1.82) is 0 Å². The Balaban J connectivity index is 3.61. The summed E-state index contributed by atoms with van der Waals surface area (Å²) in [5.74, 6) is 0. The summed E-state index contributed by atoms with van der Waals surface area (Å²) in [6.45, 7) is 5.66. The van der Waals surface area contributed by atoms with Gasteiger partial charge in [-0.15, -0.1) is 0 Å². The fraction of sp³-hybridized carbons (Fsp3) is 0.714. The molecule has 4 heteroatoms. The molecule has 0 aromatic rings. The summed E-state index contributed by atoms with van der Waals surface area (Å²) >= 11 is 0. The predicted molar refractivity (Wildman–Crippen MR) is 42.4 cm³/mol. The molecule has 0 rings (SSSR count). The fourth-order valence-corrected chi connectivity index (χ4v) is 0.519. The monoisotopic (exact) mass is 158 g/mol. The van der Waals surface area contributed by atoms with Gasteiger partial charge in [-0.25, -0.2) is 4.79 Å². The highest BCUT2D eigenvalue weighted by Gasteiger charge is 2.12. The summed E-state index contributed by atoms with van der Waals surface area (Å²) in [7, 11) is 0. The summed E-state index contributed by atoms with van der Waals surface area (Å²) < 4.78 is 0. The Morgan fingerprint density at radius 1 is 1.45 bits per heavy atom. The van der Waals surface area contributed by atoms with Crippen molar-refractivity contribution in [3.63, 3.8) is 0 Å². The summed E-state index contributed by atoms with van der Waals surface area (Å²) in [4.78, 5) is 20.7. The molecule has 0 aliphatic rings. The third kappa shape index (κ3) is 6.83. The molecule has 0 saturated carbocycles. The Kier molecular flexibility index (Phi) is 3.57. The van der Waals surface area contributed by atoms with Crippen LogP contribution in [0.4, 0.5) is 4.79 Å². The SMILES string of the molecule is CC(C)(C)NC(=O)NCC=O. The molecule has 0 saturated heterocycles. The Morgan fingerprint density at radius 3 is 2.36 bits per heavy atom. The molecule has 2 N–H and O–H groups in total. The zero-order valence-electron chi connectivity index (χ0n) is 7.10. The van der Waals surface area contributed by atoms with Gasteiger partial charge in [-0.3, -0.25) is 0 Å². The molecule has 0 radical (unpaired) electrons. The minimum atomic E-state index is -0.315. The van der Waals surface area contributed by atoms with Gasteiger partial charge in [0.1, 0.15) is 6.29 Å². The fourth-order valence-electron chi connectivity index (χ4n) is 0.519. The van der Waals surface area contributed by atoms with E-state index in [9.17, 15) is 9.59 Å². The maximum Gasteiger partial charge on any atom is 0.315 e. The van der Waals surface area contributed by atoms with E-state index in [-0.39, 0.29) is 18.1 Å². The topological polar surface area (TPSA) is 58.2 Å². The Labute approximate surface area is 66.4 Å². The molecule has 0 aromatic heterocycles. The van der Waals surface area contributed by atoms with Crippen molar-refractivity contribution < 1.29 is 9.59 Å². The average molecular weight is 158 g/mol. The van der Waals surface area contributed by atoms with Crippen LogP contribution < -0.4 is 10.6 Å². The molecular formula is C7H14N2O2. The molecular weight excluding hydrogens is 144 g/mol. The van der Waals surface area contributed by atoms with Crippen molar-refractivity contribution >= 4 is 12.3 Å². The van der Waals surface area contributed by atoms with Gasteiger partial charge >= 0.3 is 6.03 Å². The second kappa shape index (κ2) is 3.95. The molecule has 2 amide bonds. The van der Waals surface area contributed by atoms with Crippen LogP contribution in [0.2, 0.25) is 0 Å². The number of rotatable bonds is 2. The van der Waals surface area contributed by atoms with Gasteiger partial charge in [-0.1, -0.05) is 0 Å². The van der Waals surface area contributed by atoms with E-state index >= 15 is 0 Å². The van der Waals surface area contributed by atoms with Crippen LogP contribution in [0.15, 0.2) is 0 Å². The van der Waals surface area contributed by atoms with Crippen LogP contribution >= 0.6 is 0 Å². The van der Waals surface area contributed by atoms with E-state index in [4.69, 9.17) is 0 Å². The van der Waals surface area contributed by atoms with Crippen LogP contribution in [0.5, 0.6) is 0 Å². The second-order valence-corrected chi connectivity index (χ2v) is 3.25. The summed E-state index contributed by atoms with van der Waals surface area (Å²) in [5, 5.41) is 5.02. The van der Waals surface area contributed by atoms with Crippen LogP contribution in [-0.4, -0.2) is 24.4 Å². The van der Waals surface area contributed by atoms with Crippen LogP contribution in [0.1, 0.15) is 20.8 Å². The highest BCUT2D eigenvalue weighted by atomic mass is 16.2. The average Bonchev–Trinajstić information content (AvgIpc) is 1.79. The molecule has 0 aliphatic heterocycles. The maximum absolute atomic E-state index is 10.8. The molecule has 11 heavy (non-hydrogen) atoms. The minimum absolute atomic E-state index is 0.0575. The van der Waals surface area contributed by atoms with E-state index in [1.165, 1.54) is 0 Å². The largest absolute Gasteiger partial charge is 0.334 e. The van der Waals surface area contributed by atoms with Crippen molar-refractivity contribution in [2.45, 2.75) is 26.3 Å². The van der Waals surface area contributed by atoms with Crippen molar-refractivity contribution in [2.75, 3.05) is 6.54 Å². The molecule has 0 atom stereocenters. The third-order valence-electron chi connectivity index (χ3n) is 0.834. The number of carbonyl (C=O) groups is 2. The highest BCUT2D eigenvalue weighted by Crippen LogP contribution is 1.96. The normalized spacial score (nSPS) is 10.5. The smallest absolute Gasteiger partial charge is 0.315 e. The molecule has 4 nitrogen and oxygen atoms in total. The summed E-state index contributed by atoms with van der Waals surface area (Å²) in [6, 6.07) is -0.315. The Bertz CT molecular complexity index is 149. The van der Waals surface area contributed by atoms with Gasteiger partial charge in [0, 0.05) is 5.54 Å². The van der Waals surface area contributed by atoms with Crippen molar-refractivity contribution in [2.24, 2.45) is 0 Å². The highest BCUT2D eigenvalue weighted by molar-refractivity contribution is 5.77. The lowest BCUT2D eigenvalue weighted by Gasteiger charge is -2.20. The molecule has 0 unspecified atom stereocenters.